The van der Waals surface area contributed by atoms with Gasteiger partial charge in [0.25, 0.3) is 10.4 Å². The summed E-state index contributed by atoms with van der Waals surface area (Å²) in [6, 6.07) is 13.8. The van der Waals surface area contributed by atoms with Crippen LogP contribution in [-0.4, -0.2) is 26.6 Å². The van der Waals surface area contributed by atoms with Gasteiger partial charge in [0, 0.05) is 29.9 Å². The number of halogens is 1. The van der Waals surface area contributed by atoms with Gasteiger partial charge in [0.2, 0.25) is 11.5 Å². The lowest BCUT2D eigenvalue weighted by Gasteiger charge is -2.10. The molecule has 4 heterocycles. The van der Waals surface area contributed by atoms with Crippen molar-refractivity contribution in [3.05, 3.63) is 81.3 Å². The Hall–Kier alpha value is -3.82. The predicted octanol–water partition coefficient (Wildman–Crippen LogP) is 5.11. The SMILES string of the molecule is COc1ccnc2c(=O)n(-c3ccc4nc(Oc5cccnc5Cl)ccc4c3)c(=S)oc12. The summed E-state index contributed by atoms with van der Waals surface area (Å²) in [5.74, 6) is 1.15. The average molecular weight is 465 g/mol. The molecule has 4 aromatic heterocycles. The molecule has 10 heteroatoms. The van der Waals surface area contributed by atoms with Crippen LogP contribution in [0.4, 0.5) is 0 Å². The summed E-state index contributed by atoms with van der Waals surface area (Å²) in [5, 5.41) is 1.01. The number of benzene rings is 1. The number of hydrogen-bond acceptors (Lipinski definition) is 8. The van der Waals surface area contributed by atoms with E-state index in [-0.39, 0.29) is 21.1 Å². The number of nitrogens with zero attached hydrogens (tertiary/aromatic N) is 4. The molecule has 32 heavy (non-hydrogen) atoms. The maximum Gasteiger partial charge on any atom is 0.288 e. The third-order valence-electron chi connectivity index (χ3n) is 4.71. The monoisotopic (exact) mass is 464 g/mol. The second kappa shape index (κ2) is 8.03. The van der Waals surface area contributed by atoms with Crippen LogP contribution in [0.2, 0.25) is 5.15 Å². The molecular weight excluding hydrogens is 452 g/mol. The molecule has 0 aliphatic carbocycles. The molecule has 0 N–H and O–H groups in total. The molecule has 158 valence electrons. The maximum absolute atomic E-state index is 13.1. The Morgan fingerprint density at radius 3 is 2.75 bits per heavy atom. The number of hydrogen-bond donors (Lipinski definition) is 0. The molecule has 0 fully saturated rings. The number of aromatic nitrogens is 4. The molecule has 8 nitrogen and oxygen atoms in total. The molecule has 0 amide bonds. The van der Waals surface area contributed by atoms with E-state index in [1.54, 1.807) is 48.7 Å². The zero-order chi connectivity index (χ0) is 22.2. The van der Waals surface area contributed by atoms with Gasteiger partial charge in [0.05, 0.1) is 18.3 Å². The Morgan fingerprint density at radius 1 is 1.06 bits per heavy atom. The quantitative estimate of drug-likeness (QED) is 0.268. The second-order valence-electron chi connectivity index (χ2n) is 6.62. The molecule has 0 aliphatic rings. The zero-order valence-electron chi connectivity index (χ0n) is 16.5. The number of ether oxygens (including phenoxy) is 2. The molecule has 0 saturated heterocycles. The minimum Gasteiger partial charge on any atom is -0.493 e. The van der Waals surface area contributed by atoms with Crippen molar-refractivity contribution in [1.82, 2.24) is 19.5 Å². The van der Waals surface area contributed by atoms with Gasteiger partial charge in [-0.1, -0.05) is 11.6 Å². The first-order chi connectivity index (χ1) is 15.5. The van der Waals surface area contributed by atoms with Crippen molar-refractivity contribution in [3.8, 4) is 23.1 Å². The Labute approximate surface area is 190 Å². The predicted molar refractivity (Wildman–Crippen MR) is 122 cm³/mol. The fourth-order valence-electron chi connectivity index (χ4n) is 3.24. The fourth-order valence-corrected chi connectivity index (χ4v) is 3.67. The van der Waals surface area contributed by atoms with Crippen molar-refractivity contribution in [1.29, 1.82) is 0 Å². The summed E-state index contributed by atoms with van der Waals surface area (Å²) in [7, 11) is 1.48. The van der Waals surface area contributed by atoms with Gasteiger partial charge in [-0.25, -0.2) is 19.5 Å². The number of rotatable bonds is 4. The normalized spacial score (nSPS) is 11.1. The van der Waals surface area contributed by atoms with Gasteiger partial charge in [-0.2, -0.15) is 0 Å². The van der Waals surface area contributed by atoms with Gasteiger partial charge < -0.3 is 13.9 Å². The van der Waals surface area contributed by atoms with Gasteiger partial charge in [-0.15, -0.1) is 0 Å². The minimum atomic E-state index is -0.409. The van der Waals surface area contributed by atoms with Crippen LogP contribution in [-0.2, 0) is 0 Å². The molecule has 5 aromatic rings. The number of methoxy groups -OCH3 is 1. The van der Waals surface area contributed by atoms with Crippen LogP contribution < -0.4 is 15.0 Å². The van der Waals surface area contributed by atoms with Crippen molar-refractivity contribution in [2.45, 2.75) is 0 Å². The third kappa shape index (κ3) is 3.47. The minimum absolute atomic E-state index is 0.0210. The Morgan fingerprint density at radius 2 is 1.94 bits per heavy atom. The second-order valence-corrected chi connectivity index (χ2v) is 7.33. The van der Waals surface area contributed by atoms with Gasteiger partial charge in [0.15, 0.2) is 22.2 Å². The van der Waals surface area contributed by atoms with E-state index in [4.69, 9.17) is 37.7 Å². The first kappa shape index (κ1) is 20.1. The van der Waals surface area contributed by atoms with E-state index in [0.29, 0.717) is 28.6 Å². The van der Waals surface area contributed by atoms with Crippen molar-refractivity contribution in [2.24, 2.45) is 0 Å². The van der Waals surface area contributed by atoms with E-state index in [1.165, 1.54) is 17.9 Å². The van der Waals surface area contributed by atoms with Gasteiger partial charge in [-0.3, -0.25) is 4.79 Å². The molecule has 0 spiro atoms. The van der Waals surface area contributed by atoms with Crippen LogP contribution in [0.5, 0.6) is 17.4 Å². The lowest BCUT2D eigenvalue weighted by atomic mass is 10.2. The highest BCUT2D eigenvalue weighted by Crippen LogP contribution is 2.28. The van der Waals surface area contributed by atoms with Crippen LogP contribution in [0.15, 0.2) is 70.1 Å². The van der Waals surface area contributed by atoms with Gasteiger partial charge >= 0.3 is 0 Å². The summed E-state index contributed by atoms with van der Waals surface area (Å²) in [4.78, 5) is 25.7. The summed E-state index contributed by atoms with van der Waals surface area (Å²) in [5.41, 5.74) is 1.10. The van der Waals surface area contributed by atoms with Crippen LogP contribution in [0, 0.1) is 4.84 Å². The van der Waals surface area contributed by atoms with Crippen molar-refractivity contribution in [2.75, 3.05) is 7.11 Å². The molecule has 0 saturated carbocycles. The van der Waals surface area contributed by atoms with Gasteiger partial charge in [-0.05, 0) is 48.6 Å². The van der Waals surface area contributed by atoms with E-state index >= 15 is 0 Å². The largest absolute Gasteiger partial charge is 0.493 e. The zero-order valence-corrected chi connectivity index (χ0v) is 18.1. The highest BCUT2D eigenvalue weighted by atomic mass is 35.5. The van der Waals surface area contributed by atoms with Crippen molar-refractivity contribution >= 4 is 45.8 Å². The summed E-state index contributed by atoms with van der Waals surface area (Å²) in [6.45, 7) is 0. The molecule has 0 atom stereocenters. The van der Waals surface area contributed by atoms with E-state index in [1.807, 2.05) is 6.07 Å². The van der Waals surface area contributed by atoms with Crippen LogP contribution >= 0.6 is 23.8 Å². The highest BCUT2D eigenvalue weighted by molar-refractivity contribution is 7.71. The number of pyridine rings is 3. The van der Waals surface area contributed by atoms with Crippen LogP contribution in [0.3, 0.4) is 0 Å². The first-order valence-corrected chi connectivity index (χ1v) is 10.1. The highest BCUT2D eigenvalue weighted by Gasteiger charge is 2.15. The first-order valence-electron chi connectivity index (χ1n) is 9.33. The van der Waals surface area contributed by atoms with E-state index in [0.717, 1.165) is 5.39 Å². The van der Waals surface area contributed by atoms with Crippen molar-refractivity contribution < 1.29 is 13.9 Å². The Balaban J connectivity index is 1.59. The average Bonchev–Trinajstić information content (AvgIpc) is 2.80. The van der Waals surface area contributed by atoms with Gasteiger partial charge in [0.1, 0.15) is 0 Å². The standard InChI is InChI=1S/C22H13ClN4O4S/c1-29-15-8-10-24-18-19(15)31-22(32)27(21(18)28)13-5-6-14-12(11-13)4-7-17(26-14)30-16-3-2-9-25-20(16)23/h2-11H,1H3. The van der Waals surface area contributed by atoms with E-state index in [2.05, 4.69) is 15.0 Å². The molecule has 0 bridgehead atoms. The topological polar surface area (TPSA) is 92.3 Å². The Bertz CT molecular complexity index is 1620. The van der Waals surface area contributed by atoms with E-state index in [9.17, 15) is 4.79 Å². The lowest BCUT2D eigenvalue weighted by molar-refractivity contribution is 0.404. The molecule has 0 unspecified atom stereocenters. The maximum atomic E-state index is 13.1. The van der Waals surface area contributed by atoms with Crippen LogP contribution in [0.1, 0.15) is 0 Å². The smallest absolute Gasteiger partial charge is 0.288 e. The number of fused-ring (bicyclic) bond motifs is 2. The Kier molecular flexibility index (Phi) is 5.04. The molecular formula is C22H13ClN4O4S. The lowest BCUT2D eigenvalue weighted by Crippen LogP contribution is -2.20. The summed E-state index contributed by atoms with van der Waals surface area (Å²) in [6.07, 6.45) is 3.05. The molecule has 0 aliphatic heterocycles. The van der Waals surface area contributed by atoms with E-state index < -0.39 is 5.56 Å². The summed E-state index contributed by atoms with van der Waals surface area (Å²) < 4.78 is 17.9. The fraction of sp³-hybridized carbons (Fsp3) is 0.0455. The molecule has 1 aromatic carbocycles. The third-order valence-corrected chi connectivity index (χ3v) is 5.26. The molecule has 0 radical (unpaired) electrons. The summed E-state index contributed by atoms with van der Waals surface area (Å²) >= 11 is 11.4. The molecule has 5 rings (SSSR count). The van der Waals surface area contributed by atoms with Crippen molar-refractivity contribution in [3.63, 3.8) is 0 Å². The van der Waals surface area contributed by atoms with Crippen LogP contribution in [0.25, 0.3) is 27.7 Å².